The largest absolute Gasteiger partial charge is 0.362 e. The van der Waals surface area contributed by atoms with Gasteiger partial charge in [0.05, 0.1) is 11.9 Å². The van der Waals surface area contributed by atoms with Crippen LogP contribution in [-0.4, -0.2) is 15.1 Å². The van der Waals surface area contributed by atoms with Crippen LogP contribution in [0.2, 0.25) is 0 Å². The van der Waals surface area contributed by atoms with E-state index in [0.717, 1.165) is 38.3 Å². The van der Waals surface area contributed by atoms with E-state index in [-0.39, 0.29) is 5.82 Å². The second-order valence-corrected chi connectivity index (χ2v) is 8.85. The van der Waals surface area contributed by atoms with Crippen molar-refractivity contribution in [1.29, 1.82) is 0 Å². The van der Waals surface area contributed by atoms with Crippen LogP contribution in [0.15, 0.2) is 101 Å². The first-order valence-corrected chi connectivity index (χ1v) is 12.0. The molecule has 0 radical (unpaired) electrons. The van der Waals surface area contributed by atoms with Crippen molar-refractivity contribution in [3.63, 3.8) is 0 Å². The summed E-state index contributed by atoms with van der Waals surface area (Å²) in [4.78, 5) is 10.7. The monoisotopic (exact) mass is 478 g/mol. The first-order chi connectivity index (χ1) is 17.2. The molecule has 0 atom stereocenters. The average molecular weight is 479 g/mol. The van der Waals surface area contributed by atoms with Crippen molar-refractivity contribution in [3.05, 3.63) is 108 Å². The molecule has 0 fully saturated rings. The summed E-state index contributed by atoms with van der Waals surface area (Å²) >= 11 is 1.60. The zero-order valence-electron chi connectivity index (χ0n) is 18.5. The van der Waals surface area contributed by atoms with Crippen LogP contribution < -0.4 is 5.32 Å². The second-order valence-electron chi connectivity index (χ2n) is 8.00. The molecule has 0 amide bonds. The Kier molecular flexibility index (Phi) is 5.52. The van der Waals surface area contributed by atoms with Crippen molar-refractivity contribution in [2.45, 2.75) is 6.54 Å². The Hall–Kier alpha value is -4.36. The van der Waals surface area contributed by atoms with E-state index in [1.807, 2.05) is 54.6 Å². The molecule has 0 aliphatic carbocycles. The van der Waals surface area contributed by atoms with E-state index in [1.165, 1.54) is 12.1 Å². The normalized spacial score (nSPS) is 11.1. The SMILES string of the molecule is Fc1ccc(-c2cc(CNc3nc(-c4ccccc4)nc4scc(-c5ccccc5)c34)on2)cc1. The summed E-state index contributed by atoms with van der Waals surface area (Å²) in [6.45, 7) is 0.388. The fourth-order valence-electron chi connectivity index (χ4n) is 3.94. The van der Waals surface area contributed by atoms with E-state index in [1.54, 1.807) is 23.5 Å². The fourth-order valence-corrected chi connectivity index (χ4v) is 4.89. The van der Waals surface area contributed by atoms with Gasteiger partial charge in [0.15, 0.2) is 11.6 Å². The van der Waals surface area contributed by atoms with Crippen LogP contribution in [0.1, 0.15) is 5.76 Å². The molecule has 35 heavy (non-hydrogen) atoms. The Bertz CT molecular complexity index is 1600. The van der Waals surface area contributed by atoms with Crippen molar-refractivity contribution in [1.82, 2.24) is 15.1 Å². The predicted molar refractivity (Wildman–Crippen MR) is 138 cm³/mol. The lowest BCUT2D eigenvalue weighted by Gasteiger charge is -2.10. The molecular weight excluding hydrogens is 459 g/mol. The number of hydrogen-bond acceptors (Lipinski definition) is 6. The molecular formula is C28H19FN4OS. The minimum absolute atomic E-state index is 0.286. The minimum atomic E-state index is -0.286. The number of hydrogen-bond donors (Lipinski definition) is 1. The van der Waals surface area contributed by atoms with Crippen LogP contribution in [0.4, 0.5) is 10.2 Å². The topological polar surface area (TPSA) is 63.8 Å². The highest BCUT2D eigenvalue weighted by Crippen LogP contribution is 2.38. The van der Waals surface area contributed by atoms with Gasteiger partial charge in [0, 0.05) is 28.1 Å². The number of thiophene rings is 1. The van der Waals surface area contributed by atoms with Crippen LogP contribution in [0, 0.1) is 5.82 Å². The standard InChI is InChI=1S/C28H19FN4OS/c29-21-13-11-19(12-14-21)24-15-22(34-33-24)16-30-27-25-23(18-7-3-1-4-8-18)17-35-28(25)32-26(31-27)20-9-5-2-6-10-20/h1-15,17H,16H2,(H,30,31,32). The number of nitrogens with zero attached hydrogens (tertiary/aromatic N) is 3. The van der Waals surface area contributed by atoms with E-state index in [4.69, 9.17) is 14.5 Å². The van der Waals surface area contributed by atoms with Gasteiger partial charge in [0.2, 0.25) is 0 Å². The van der Waals surface area contributed by atoms with Gasteiger partial charge in [-0.15, -0.1) is 11.3 Å². The first kappa shape index (κ1) is 21.2. The number of rotatable bonds is 6. The molecule has 3 aromatic heterocycles. The van der Waals surface area contributed by atoms with E-state index in [0.29, 0.717) is 23.8 Å². The molecule has 1 N–H and O–H groups in total. The lowest BCUT2D eigenvalue weighted by atomic mass is 10.1. The summed E-state index contributed by atoms with van der Waals surface area (Å²) in [5.41, 5.74) is 4.58. The number of fused-ring (bicyclic) bond motifs is 1. The number of aromatic nitrogens is 3. The second kappa shape index (κ2) is 9.12. The molecule has 3 heterocycles. The summed E-state index contributed by atoms with van der Waals surface area (Å²) in [5.74, 6) is 1.75. The Morgan fingerprint density at radius 3 is 2.26 bits per heavy atom. The Balaban J connectivity index is 1.37. The predicted octanol–water partition coefficient (Wildman–Crippen LogP) is 7.43. The fraction of sp³-hybridized carbons (Fsp3) is 0.0357. The van der Waals surface area contributed by atoms with E-state index in [9.17, 15) is 4.39 Å². The third-order valence-electron chi connectivity index (χ3n) is 5.68. The highest BCUT2D eigenvalue weighted by atomic mass is 32.1. The molecule has 0 saturated heterocycles. The Labute approximate surface area is 204 Å². The minimum Gasteiger partial charge on any atom is -0.362 e. The highest BCUT2D eigenvalue weighted by molar-refractivity contribution is 7.17. The Morgan fingerprint density at radius 1 is 0.800 bits per heavy atom. The molecule has 170 valence electrons. The molecule has 0 saturated carbocycles. The molecule has 0 spiro atoms. The molecule has 3 aromatic carbocycles. The van der Waals surface area contributed by atoms with Gasteiger partial charge in [0.1, 0.15) is 22.2 Å². The molecule has 5 nitrogen and oxygen atoms in total. The quantitative estimate of drug-likeness (QED) is 0.270. The van der Waals surface area contributed by atoms with Crippen molar-refractivity contribution in [2.75, 3.05) is 5.32 Å². The third-order valence-corrected chi connectivity index (χ3v) is 6.55. The zero-order chi connectivity index (χ0) is 23.6. The van der Waals surface area contributed by atoms with Gasteiger partial charge in [-0.05, 0) is 29.8 Å². The van der Waals surface area contributed by atoms with Gasteiger partial charge in [0.25, 0.3) is 0 Å². The number of nitrogens with one attached hydrogen (secondary N) is 1. The van der Waals surface area contributed by atoms with Crippen LogP contribution in [0.5, 0.6) is 0 Å². The van der Waals surface area contributed by atoms with Crippen LogP contribution in [-0.2, 0) is 6.54 Å². The molecule has 6 rings (SSSR count). The third kappa shape index (κ3) is 4.29. The van der Waals surface area contributed by atoms with Gasteiger partial charge in [-0.3, -0.25) is 0 Å². The van der Waals surface area contributed by atoms with Crippen molar-refractivity contribution < 1.29 is 8.91 Å². The van der Waals surface area contributed by atoms with E-state index in [2.05, 4.69) is 28.0 Å². The molecule has 0 aliphatic heterocycles. The number of halogens is 1. The Morgan fingerprint density at radius 2 is 1.51 bits per heavy atom. The van der Waals surface area contributed by atoms with Crippen LogP contribution >= 0.6 is 11.3 Å². The lowest BCUT2D eigenvalue weighted by Crippen LogP contribution is -2.03. The molecule has 6 aromatic rings. The van der Waals surface area contributed by atoms with Crippen molar-refractivity contribution in [2.24, 2.45) is 0 Å². The van der Waals surface area contributed by atoms with Gasteiger partial charge >= 0.3 is 0 Å². The van der Waals surface area contributed by atoms with E-state index < -0.39 is 0 Å². The van der Waals surface area contributed by atoms with Gasteiger partial charge in [-0.25, -0.2) is 14.4 Å². The lowest BCUT2D eigenvalue weighted by molar-refractivity contribution is 0.390. The average Bonchev–Trinajstić information content (AvgIpc) is 3.56. The van der Waals surface area contributed by atoms with Gasteiger partial charge in [-0.1, -0.05) is 65.8 Å². The maximum atomic E-state index is 13.3. The van der Waals surface area contributed by atoms with E-state index >= 15 is 0 Å². The summed E-state index contributed by atoms with van der Waals surface area (Å²) in [6, 6.07) is 28.2. The highest BCUT2D eigenvalue weighted by Gasteiger charge is 2.17. The summed E-state index contributed by atoms with van der Waals surface area (Å²) in [6.07, 6.45) is 0. The summed E-state index contributed by atoms with van der Waals surface area (Å²) < 4.78 is 18.8. The number of anilines is 1. The van der Waals surface area contributed by atoms with Crippen LogP contribution in [0.3, 0.4) is 0 Å². The number of benzene rings is 3. The maximum absolute atomic E-state index is 13.3. The summed E-state index contributed by atoms with van der Waals surface area (Å²) in [7, 11) is 0. The van der Waals surface area contributed by atoms with Gasteiger partial charge < -0.3 is 9.84 Å². The maximum Gasteiger partial charge on any atom is 0.163 e. The molecule has 0 aliphatic rings. The van der Waals surface area contributed by atoms with Crippen molar-refractivity contribution in [3.8, 4) is 33.8 Å². The van der Waals surface area contributed by atoms with Crippen LogP contribution in [0.25, 0.3) is 44.0 Å². The summed E-state index contributed by atoms with van der Waals surface area (Å²) in [5, 5.41) is 10.7. The van der Waals surface area contributed by atoms with Crippen molar-refractivity contribution >= 4 is 27.4 Å². The smallest absolute Gasteiger partial charge is 0.163 e. The van der Waals surface area contributed by atoms with Gasteiger partial charge in [-0.2, -0.15) is 0 Å². The molecule has 0 unspecified atom stereocenters. The zero-order valence-corrected chi connectivity index (χ0v) is 19.3. The molecule has 7 heteroatoms. The first-order valence-electron chi connectivity index (χ1n) is 11.1. The molecule has 0 bridgehead atoms.